The average molecular weight is 550 g/mol. The van der Waals surface area contributed by atoms with E-state index in [2.05, 4.69) is 52.3 Å². The standard InChI is InChI=1S/C36H43N3O2/c1-37(25-36-21-26-17-27(22-36)19-28(18-26)23-36)35(41)29-9-11-32(12-10-29)39-15-13-38(14-16-39)24-31-5-2-3-8-34(31)30-6-4-7-33(40)20-30/h2-12,20,26-28,40H,13-19,21-25H2,1H3. The first-order valence-electron chi connectivity index (χ1n) is 15.6. The lowest BCUT2D eigenvalue weighted by molar-refractivity contribution is -0.0629. The molecule has 1 amide bonds. The lowest BCUT2D eigenvalue weighted by Crippen LogP contribution is -2.51. The number of benzene rings is 3. The molecule has 4 bridgehead atoms. The van der Waals surface area contributed by atoms with E-state index in [1.807, 2.05) is 36.2 Å². The average Bonchev–Trinajstić information content (AvgIpc) is 2.97. The molecule has 0 atom stereocenters. The minimum absolute atomic E-state index is 0.169. The largest absolute Gasteiger partial charge is 0.508 e. The highest BCUT2D eigenvalue weighted by Gasteiger charge is 2.51. The first kappa shape index (κ1) is 26.6. The van der Waals surface area contributed by atoms with Crippen LogP contribution in [0.2, 0.25) is 0 Å². The van der Waals surface area contributed by atoms with Crippen LogP contribution < -0.4 is 4.90 Å². The minimum Gasteiger partial charge on any atom is -0.508 e. The Labute approximate surface area is 244 Å². The van der Waals surface area contributed by atoms with Crippen molar-refractivity contribution in [3.05, 3.63) is 83.9 Å². The van der Waals surface area contributed by atoms with E-state index >= 15 is 0 Å². The Morgan fingerprint density at radius 3 is 2.17 bits per heavy atom. The molecule has 1 aliphatic heterocycles. The highest BCUT2D eigenvalue weighted by Crippen LogP contribution is 2.60. The Balaban J connectivity index is 0.946. The molecule has 3 aromatic rings. The molecule has 0 radical (unpaired) electrons. The van der Waals surface area contributed by atoms with Crippen LogP contribution in [0.15, 0.2) is 72.8 Å². The van der Waals surface area contributed by atoms with E-state index in [-0.39, 0.29) is 5.91 Å². The summed E-state index contributed by atoms with van der Waals surface area (Å²) >= 11 is 0. The predicted molar refractivity (Wildman–Crippen MR) is 165 cm³/mol. The summed E-state index contributed by atoms with van der Waals surface area (Å²) in [5, 5.41) is 9.97. The molecule has 8 rings (SSSR count). The van der Waals surface area contributed by atoms with Gasteiger partial charge in [-0.25, -0.2) is 0 Å². The van der Waals surface area contributed by atoms with Gasteiger partial charge in [0, 0.05) is 57.6 Å². The second kappa shape index (κ2) is 10.8. The number of hydrogen-bond acceptors (Lipinski definition) is 4. The molecule has 3 aromatic carbocycles. The third kappa shape index (κ3) is 5.49. The zero-order valence-corrected chi connectivity index (χ0v) is 24.3. The molecule has 0 spiro atoms. The van der Waals surface area contributed by atoms with Gasteiger partial charge in [-0.2, -0.15) is 0 Å². The van der Waals surface area contributed by atoms with Crippen LogP contribution in [0.3, 0.4) is 0 Å². The monoisotopic (exact) mass is 549 g/mol. The molecule has 4 saturated carbocycles. The maximum atomic E-state index is 13.4. The van der Waals surface area contributed by atoms with Gasteiger partial charge < -0.3 is 14.9 Å². The Morgan fingerprint density at radius 1 is 0.854 bits per heavy atom. The van der Waals surface area contributed by atoms with Gasteiger partial charge in [-0.05, 0) is 115 Å². The van der Waals surface area contributed by atoms with E-state index in [9.17, 15) is 9.90 Å². The number of phenolic OH excluding ortho intramolecular Hbond substituents is 1. The van der Waals surface area contributed by atoms with Crippen LogP contribution in [0.4, 0.5) is 5.69 Å². The number of carbonyl (C=O) groups is 1. The van der Waals surface area contributed by atoms with Crippen LogP contribution in [0.1, 0.15) is 54.4 Å². The third-order valence-electron chi connectivity index (χ3n) is 10.5. The van der Waals surface area contributed by atoms with Crippen LogP contribution in [0.25, 0.3) is 11.1 Å². The van der Waals surface area contributed by atoms with Crippen molar-refractivity contribution in [2.24, 2.45) is 23.2 Å². The number of anilines is 1. The number of rotatable bonds is 7. The highest BCUT2D eigenvalue weighted by molar-refractivity contribution is 5.94. The molecule has 4 aliphatic carbocycles. The van der Waals surface area contributed by atoms with Crippen molar-refractivity contribution < 1.29 is 9.90 Å². The van der Waals surface area contributed by atoms with Crippen LogP contribution in [0.5, 0.6) is 5.75 Å². The summed E-state index contributed by atoms with van der Waals surface area (Å²) in [6.45, 7) is 5.73. The Kier molecular flexibility index (Phi) is 7.02. The number of piperazine rings is 1. The maximum Gasteiger partial charge on any atom is 0.253 e. The summed E-state index contributed by atoms with van der Waals surface area (Å²) in [6.07, 6.45) is 8.34. The van der Waals surface area contributed by atoms with Gasteiger partial charge in [0.05, 0.1) is 0 Å². The Morgan fingerprint density at radius 2 is 1.51 bits per heavy atom. The maximum absolute atomic E-state index is 13.4. The van der Waals surface area contributed by atoms with Gasteiger partial charge in [0.1, 0.15) is 5.75 Å². The van der Waals surface area contributed by atoms with Gasteiger partial charge in [0.2, 0.25) is 0 Å². The lowest BCUT2D eigenvalue weighted by atomic mass is 9.49. The normalized spacial score (nSPS) is 27.2. The predicted octanol–water partition coefficient (Wildman–Crippen LogP) is 6.67. The Hall–Kier alpha value is -3.31. The zero-order chi connectivity index (χ0) is 28.0. The molecular formula is C36H43N3O2. The quantitative estimate of drug-likeness (QED) is 0.358. The van der Waals surface area contributed by atoms with Crippen molar-refractivity contribution in [3.63, 3.8) is 0 Å². The van der Waals surface area contributed by atoms with E-state index in [0.717, 1.165) is 68.1 Å². The number of hydrogen-bond donors (Lipinski definition) is 1. The third-order valence-corrected chi connectivity index (χ3v) is 10.5. The number of phenols is 1. The molecule has 5 aliphatic rings. The van der Waals surface area contributed by atoms with Crippen LogP contribution in [-0.2, 0) is 6.54 Å². The number of amides is 1. The first-order valence-corrected chi connectivity index (χ1v) is 15.6. The SMILES string of the molecule is CN(CC12CC3CC(CC(C3)C1)C2)C(=O)c1ccc(N2CCN(Cc3ccccc3-c3cccc(O)c3)CC2)cc1. The number of nitrogens with zero attached hydrogens (tertiary/aromatic N) is 3. The smallest absolute Gasteiger partial charge is 0.253 e. The fourth-order valence-electron chi connectivity index (χ4n) is 9.11. The van der Waals surface area contributed by atoms with E-state index in [1.54, 1.807) is 6.07 Å². The van der Waals surface area contributed by atoms with Gasteiger partial charge in [0.15, 0.2) is 0 Å². The molecule has 5 nitrogen and oxygen atoms in total. The van der Waals surface area contributed by atoms with Gasteiger partial charge in [0.25, 0.3) is 5.91 Å². The summed E-state index contributed by atoms with van der Waals surface area (Å²) in [5.41, 5.74) is 5.90. The fraction of sp³-hybridized carbons (Fsp3) is 0.472. The number of aromatic hydroxyl groups is 1. The zero-order valence-electron chi connectivity index (χ0n) is 24.3. The fourth-order valence-corrected chi connectivity index (χ4v) is 9.11. The summed E-state index contributed by atoms with van der Waals surface area (Å²) in [6, 6.07) is 24.4. The highest BCUT2D eigenvalue weighted by atomic mass is 16.3. The molecule has 1 N–H and O–H groups in total. The molecule has 5 fully saturated rings. The van der Waals surface area contributed by atoms with E-state index in [4.69, 9.17) is 0 Å². The summed E-state index contributed by atoms with van der Waals surface area (Å²) < 4.78 is 0. The lowest BCUT2D eigenvalue weighted by Gasteiger charge is -2.57. The number of carbonyl (C=O) groups excluding carboxylic acids is 1. The second-order valence-corrected chi connectivity index (χ2v) is 13.6. The van der Waals surface area contributed by atoms with Crippen LogP contribution >= 0.6 is 0 Å². The van der Waals surface area contributed by atoms with Gasteiger partial charge in [-0.1, -0.05) is 36.4 Å². The second-order valence-electron chi connectivity index (χ2n) is 13.6. The molecule has 41 heavy (non-hydrogen) atoms. The molecule has 1 heterocycles. The molecule has 5 heteroatoms. The van der Waals surface area contributed by atoms with E-state index in [0.29, 0.717) is 11.2 Å². The van der Waals surface area contributed by atoms with Crippen molar-refractivity contribution in [2.45, 2.75) is 45.1 Å². The minimum atomic E-state index is 0.169. The van der Waals surface area contributed by atoms with E-state index < -0.39 is 0 Å². The van der Waals surface area contributed by atoms with Crippen molar-refractivity contribution in [2.75, 3.05) is 44.7 Å². The molecule has 1 saturated heterocycles. The summed E-state index contributed by atoms with van der Waals surface area (Å²) in [7, 11) is 2.02. The summed E-state index contributed by atoms with van der Waals surface area (Å²) in [4.78, 5) is 20.4. The van der Waals surface area contributed by atoms with Crippen LogP contribution in [0, 0.1) is 23.2 Å². The molecule has 214 valence electrons. The van der Waals surface area contributed by atoms with Gasteiger partial charge in [-0.15, -0.1) is 0 Å². The molecular weight excluding hydrogens is 506 g/mol. The van der Waals surface area contributed by atoms with Crippen molar-refractivity contribution in [1.82, 2.24) is 9.80 Å². The van der Waals surface area contributed by atoms with Crippen molar-refractivity contribution in [3.8, 4) is 16.9 Å². The molecule has 0 aromatic heterocycles. The topological polar surface area (TPSA) is 47.0 Å². The van der Waals surface area contributed by atoms with E-state index in [1.165, 1.54) is 55.3 Å². The van der Waals surface area contributed by atoms with Crippen molar-refractivity contribution >= 4 is 11.6 Å². The van der Waals surface area contributed by atoms with Crippen molar-refractivity contribution in [1.29, 1.82) is 0 Å². The van der Waals surface area contributed by atoms with Gasteiger partial charge in [-0.3, -0.25) is 9.69 Å². The Bertz CT molecular complexity index is 1360. The van der Waals surface area contributed by atoms with Crippen LogP contribution in [-0.4, -0.2) is 60.6 Å². The molecule has 0 unspecified atom stereocenters. The summed E-state index contributed by atoms with van der Waals surface area (Å²) in [5.74, 6) is 3.21. The van der Waals surface area contributed by atoms with Gasteiger partial charge >= 0.3 is 0 Å². The first-order chi connectivity index (χ1) is 19.9.